The molecule has 2 N–H and O–H groups in total. The maximum Gasteiger partial charge on any atom is 0.243 e. The zero-order valence-corrected chi connectivity index (χ0v) is 13.3. The normalized spacial score (nSPS) is 17.9. The standard InChI is InChI=1S/C16H17F2N3OS/c17-12-5-4-10(8-13(12)18)7-11-9-20-16(23-11)21-15(22)14-3-1-2-6-19-14/h4-5,8-9,14,19H,1-3,6-7H2,(H,20,21,22). The van der Waals surface area contributed by atoms with E-state index >= 15 is 0 Å². The molecule has 122 valence electrons. The molecule has 1 atom stereocenters. The lowest BCUT2D eigenvalue weighted by molar-refractivity contribution is -0.118. The van der Waals surface area contributed by atoms with E-state index in [4.69, 9.17) is 0 Å². The van der Waals surface area contributed by atoms with Gasteiger partial charge in [-0.2, -0.15) is 0 Å². The van der Waals surface area contributed by atoms with Crippen molar-refractivity contribution in [2.24, 2.45) is 0 Å². The average molecular weight is 337 g/mol. The molecule has 2 aromatic rings. The fraction of sp³-hybridized carbons (Fsp3) is 0.375. The van der Waals surface area contributed by atoms with Crippen LogP contribution in [0.15, 0.2) is 24.4 Å². The molecule has 7 heteroatoms. The van der Waals surface area contributed by atoms with Crippen molar-refractivity contribution in [2.75, 3.05) is 11.9 Å². The Hall–Kier alpha value is -1.86. The first-order valence-electron chi connectivity index (χ1n) is 7.55. The number of amides is 1. The highest BCUT2D eigenvalue weighted by Gasteiger charge is 2.21. The zero-order valence-electron chi connectivity index (χ0n) is 12.4. The SMILES string of the molecule is O=C(Nc1ncc(Cc2ccc(F)c(F)c2)s1)C1CCCCN1. The lowest BCUT2D eigenvalue weighted by Crippen LogP contribution is -2.43. The van der Waals surface area contributed by atoms with Crippen molar-refractivity contribution in [2.45, 2.75) is 31.7 Å². The number of carbonyl (C=O) groups excluding carboxylic acids is 1. The summed E-state index contributed by atoms with van der Waals surface area (Å²) in [6.45, 7) is 0.858. The van der Waals surface area contributed by atoms with Crippen molar-refractivity contribution in [3.63, 3.8) is 0 Å². The van der Waals surface area contributed by atoms with Crippen LogP contribution in [0, 0.1) is 11.6 Å². The van der Waals surface area contributed by atoms with Crippen LogP contribution in [0.3, 0.4) is 0 Å². The van der Waals surface area contributed by atoms with E-state index in [-0.39, 0.29) is 11.9 Å². The van der Waals surface area contributed by atoms with Crippen LogP contribution >= 0.6 is 11.3 Å². The van der Waals surface area contributed by atoms with Gasteiger partial charge in [0.1, 0.15) is 0 Å². The van der Waals surface area contributed by atoms with Crippen LogP contribution in [0.25, 0.3) is 0 Å². The van der Waals surface area contributed by atoms with Gasteiger partial charge in [0.15, 0.2) is 16.8 Å². The van der Waals surface area contributed by atoms with Crippen LogP contribution in [0.4, 0.5) is 13.9 Å². The second kappa shape index (κ2) is 7.14. The number of halogens is 2. The highest BCUT2D eigenvalue weighted by molar-refractivity contribution is 7.15. The van der Waals surface area contributed by atoms with E-state index in [1.54, 1.807) is 12.3 Å². The van der Waals surface area contributed by atoms with Gasteiger partial charge in [-0.3, -0.25) is 4.79 Å². The third kappa shape index (κ3) is 4.11. The number of carbonyl (C=O) groups is 1. The van der Waals surface area contributed by atoms with Gasteiger partial charge in [-0.25, -0.2) is 13.8 Å². The van der Waals surface area contributed by atoms with Crippen LogP contribution in [0.1, 0.15) is 29.7 Å². The highest BCUT2D eigenvalue weighted by Crippen LogP contribution is 2.22. The molecule has 1 saturated heterocycles. The van der Waals surface area contributed by atoms with E-state index in [0.717, 1.165) is 36.8 Å². The molecular formula is C16H17F2N3OS. The Labute approximate surface area is 136 Å². The van der Waals surface area contributed by atoms with E-state index in [0.29, 0.717) is 17.1 Å². The van der Waals surface area contributed by atoms with Gasteiger partial charge in [-0.1, -0.05) is 12.5 Å². The predicted octanol–water partition coefficient (Wildman–Crippen LogP) is 3.09. The predicted molar refractivity (Wildman–Crippen MR) is 85.5 cm³/mol. The van der Waals surface area contributed by atoms with E-state index < -0.39 is 11.6 Å². The number of nitrogens with one attached hydrogen (secondary N) is 2. The first-order valence-corrected chi connectivity index (χ1v) is 8.36. The Morgan fingerprint density at radius 3 is 2.96 bits per heavy atom. The molecular weight excluding hydrogens is 320 g/mol. The summed E-state index contributed by atoms with van der Waals surface area (Å²) in [6.07, 6.45) is 5.07. The Morgan fingerprint density at radius 1 is 1.35 bits per heavy atom. The van der Waals surface area contributed by atoms with Gasteiger partial charge in [-0.15, -0.1) is 11.3 Å². The Bertz CT molecular complexity index is 698. The van der Waals surface area contributed by atoms with Crippen molar-refractivity contribution < 1.29 is 13.6 Å². The molecule has 2 heterocycles. The van der Waals surface area contributed by atoms with E-state index in [9.17, 15) is 13.6 Å². The van der Waals surface area contributed by atoms with Crippen LogP contribution in [-0.2, 0) is 11.2 Å². The lowest BCUT2D eigenvalue weighted by Gasteiger charge is -2.21. The molecule has 1 aliphatic heterocycles. The molecule has 1 aromatic carbocycles. The number of hydrogen-bond donors (Lipinski definition) is 2. The van der Waals surface area contributed by atoms with E-state index in [1.165, 1.54) is 17.4 Å². The number of anilines is 1. The smallest absolute Gasteiger partial charge is 0.243 e. The number of rotatable bonds is 4. The molecule has 23 heavy (non-hydrogen) atoms. The van der Waals surface area contributed by atoms with Crippen molar-refractivity contribution in [1.29, 1.82) is 0 Å². The molecule has 0 saturated carbocycles. The summed E-state index contributed by atoms with van der Waals surface area (Å²) < 4.78 is 26.1. The summed E-state index contributed by atoms with van der Waals surface area (Å²) in [6, 6.07) is 3.67. The van der Waals surface area contributed by atoms with E-state index in [1.807, 2.05) is 0 Å². The minimum atomic E-state index is -0.857. The summed E-state index contributed by atoms with van der Waals surface area (Å²) in [7, 11) is 0. The largest absolute Gasteiger partial charge is 0.306 e. The first-order chi connectivity index (χ1) is 11.1. The van der Waals surface area contributed by atoms with Crippen molar-refractivity contribution in [3.05, 3.63) is 46.5 Å². The quantitative estimate of drug-likeness (QED) is 0.901. The molecule has 3 rings (SSSR count). The molecule has 0 spiro atoms. The molecule has 1 fully saturated rings. The van der Waals surface area contributed by atoms with Gasteiger partial charge < -0.3 is 10.6 Å². The van der Waals surface area contributed by atoms with Gasteiger partial charge in [-0.05, 0) is 37.1 Å². The fourth-order valence-electron chi connectivity index (χ4n) is 2.57. The summed E-state index contributed by atoms with van der Waals surface area (Å²) >= 11 is 1.34. The monoisotopic (exact) mass is 337 g/mol. The molecule has 1 amide bonds. The highest BCUT2D eigenvalue weighted by atomic mass is 32.1. The second-order valence-electron chi connectivity index (χ2n) is 5.55. The number of benzene rings is 1. The molecule has 1 aliphatic rings. The number of thiazole rings is 1. The summed E-state index contributed by atoms with van der Waals surface area (Å²) in [5.74, 6) is -1.78. The van der Waals surface area contributed by atoms with Gasteiger partial charge in [0, 0.05) is 17.5 Å². The van der Waals surface area contributed by atoms with Gasteiger partial charge in [0.25, 0.3) is 0 Å². The zero-order chi connectivity index (χ0) is 16.2. The first kappa shape index (κ1) is 16.0. The summed E-state index contributed by atoms with van der Waals surface area (Å²) in [5.41, 5.74) is 0.666. The summed E-state index contributed by atoms with van der Waals surface area (Å²) in [5, 5.41) is 6.52. The Kier molecular flexibility index (Phi) is 4.97. The van der Waals surface area contributed by atoms with Crippen molar-refractivity contribution >= 4 is 22.4 Å². The molecule has 0 aliphatic carbocycles. The Balaban J connectivity index is 1.61. The fourth-order valence-corrected chi connectivity index (χ4v) is 3.42. The summed E-state index contributed by atoms with van der Waals surface area (Å²) in [4.78, 5) is 17.2. The van der Waals surface area contributed by atoms with Crippen LogP contribution < -0.4 is 10.6 Å². The van der Waals surface area contributed by atoms with Crippen LogP contribution in [0.5, 0.6) is 0 Å². The maximum atomic E-state index is 13.2. The van der Waals surface area contributed by atoms with Crippen molar-refractivity contribution in [1.82, 2.24) is 10.3 Å². The average Bonchev–Trinajstić information content (AvgIpc) is 2.99. The molecule has 0 bridgehead atoms. The third-order valence-corrected chi connectivity index (χ3v) is 4.69. The van der Waals surface area contributed by atoms with Gasteiger partial charge >= 0.3 is 0 Å². The second-order valence-corrected chi connectivity index (χ2v) is 6.66. The number of hydrogen-bond acceptors (Lipinski definition) is 4. The van der Waals surface area contributed by atoms with Crippen LogP contribution in [-0.4, -0.2) is 23.5 Å². The molecule has 4 nitrogen and oxygen atoms in total. The minimum absolute atomic E-state index is 0.0709. The maximum absolute atomic E-state index is 13.2. The number of nitrogens with zero attached hydrogens (tertiary/aromatic N) is 1. The van der Waals surface area contributed by atoms with Crippen molar-refractivity contribution in [3.8, 4) is 0 Å². The molecule has 1 aromatic heterocycles. The van der Waals surface area contributed by atoms with Gasteiger partial charge in [0.05, 0.1) is 6.04 Å². The third-order valence-electron chi connectivity index (χ3n) is 3.77. The van der Waals surface area contributed by atoms with Gasteiger partial charge in [0.2, 0.25) is 5.91 Å². The lowest BCUT2D eigenvalue weighted by atomic mass is 10.0. The number of aromatic nitrogens is 1. The molecule has 1 unspecified atom stereocenters. The minimum Gasteiger partial charge on any atom is -0.306 e. The van der Waals surface area contributed by atoms with Crippen LogP contribution in [0.2, 0.25) is 0 Å². The Morgan fingerprint density at radius 2 is 2.22 bits per heavy atom. The topological polar surface area (TPSA) is 54.0 Å². The molecule has 0 radical (unpaired) electrons. The van der Waals surface area contributed by atoms with E-state index in [2.05, 4.69) is 15.6 Å². The number of piperidine rings is 1.